The summed E-state index contributed by atoms with van der Waals surface area (Å²) in [6.07, 6.45) is 3.10. The van der Waals surface area contributed by atoms with E-state index in [1.807, 2.05) is 30.3 Å². The third kappa shape index (κ3) is 2.46. The van der Waals surface area contributed by atoms with Crippen molar-refractivity contribution in [1.82, 2.24) is 4.98 Å². The normalized spacial score (nSPS) is 10.9. The molecule has 0 saturated carbocycles. The molecule has 0 bridgehead atoms. The van der Waals surface area contributed by atoms with Gasteiger partial charge < -0.3 is 9.15 Å². The molecule has 0 fully saturated rings. The summed E-state index contributed by atoms with van der Waals surface area (Å²) in [4.78, 5) is 28.9. The summed E-state index contributed by atoms with van der Waals surface area (Å²) in [6, 6.07) is 14.1. The van der Waals surface area contributed by atoms with Crippen molar-refractivity contribution < 1.29 is 13.9 Å². The molecule has 0 spiro atoms. The fourth-order valence-electron chi connectivity index (χ4n) is 2.88. The van der Waals surface area contributed by atoms with E-state index in [0.29, 0.717) is 27.7 Å². The highest BCUT2D eigenvalue weighted by Crippen LogP contribution is 2.26. The van der Waals surface area contributed by atoms with Gasteiger partial charge in [-0.05, 0) is 24.3 Å². The fraction of sp³-hybridized carbons (Fsp3) is 0.0500. The number of hydrogen-bond donors (Lipinski definition) is 0. The van der Waals surface area contributed by atoms with E-state index in [1.165, 1.54) is 19.4 Å². The quantitative estimate of drug-likeness (QED) is 0.523. The summed E-state index contributed by atoms with van der Waals surface area (Å²) >= 11 is 0. The number of benzene rings is 2. The van der Waals surface area contributed by atoms with Crippen LogP contribution >= 0.6 is 0 Å². The Morgan fingerprint density at radius 1 is 1.08 bits per heavy atom. The zero-order valence-electron chi connectivity index (χ0n) is 13.4. The van der Waals surface area contributed by atoms with E-state index in [0.717, 1.165) is 10.9 Å². The van der Waals surface area contributed by atoms with Crippen LogP contribution in [0.15, 0.2) is 70.2 Å². The summed E-state index contributed by atoms with van der Waals surface area (Å²) in [5.41, 5.74) is 2.38. The van der Waals surface area contributed by atoms with Gasteiger partial charge in [-0.15, -0.1) is 0 Å². The molecule has 4 aromatic rings. The Morgan fingerprint density at radius 3 is 2.76 bits per heavy atom. The number of carbonyl (C=O) groups excluding carboxylic acids is 1. The molecule has 0 saturated heterocycles. The van der Waals surface area contributed by atoms with Crippen LogP contribution in [0.1, 0.15) is 10.4 Å². The molecule has 0 amide bonds. The van der Waals surface area contributed by atoms with Crippen molar-refractivity contribution >= 4 is 27.8 Å². The summed E-state index contributed by atoms with van der Waals surface area (Å²) in [6.45, 7) is 0. The smallest absolute Gasteiger partial charge is 0.337 e. The fourth-order valence-corrected chi connectivity index (χ4v) is 2.88. The number of nitrogens with zero attached hydrogens (tertiary/aromatic N) is 1. The van der Waals surface area contributed by atoms with Crippen LogP contribution in [0.3, 0.4) is 0 Å². The first-order valence-electron chi connectivity index (χ1n) is 7.67. The lowest BCUT2D eigenvalue weighted by Gasteiger charge is -2.06. The number of aromatic nitrogens is 1. The monoisotopic (exact) mass is 331 g/mol. The van der Waals surface area contributed by atoms with Crippen molar-refractivity contribution in [3.05, 3.63) is 76.8 Å². The Hall–Kier alpha value is -3.47. The average Bonchev–Trinajstić information content (AvgIpc) is 2.67. The van der Waals surface area contributed by atoms with Crippen molar-refractivity contribution in [2.45, 2.75) is 0 Å². The lowest BCUT2D eigenvalue weighted by Crippen LogP contribution is -2.07. The molecular weight excluding hydrogens is 318 g/mol. The molecule has 2 aromatic heterocycles. The molecule has 0 N–H and O–H groups in total. The number of ether oxygens (including phenoxy) is 1. The highest BCUT2D eigenvalue weighted by atomic mass is 16.5. The third-order valence-corrected chi connectivity index (χ3v) is 4.12. The second kappa shape index (κ2) is 5.87. The van der Waals surface area contributed by atoms with E-state index in [2.05, 4.69) is 9.72 Å². The van der Waals surface area contributed by atoms with Gasteiger partial charge in [0.15, 0.2) is 0 Å². The molecular formula is C20H13NO4. The van der Waals surface area contributed by atoms with Gasteiger partial charge in [0.25, 0.3) is 0 Å². The molecule has 2 aromatic carbocycles. The standard InChI is InChI=1S/C20H13NO4/c1-24-20(23)13-7-8-15-17(10-13)25-11-16(19(15)22)14-6-2-4-12-5-3-9-21-18(12)14/h2-11H,1H3. The van der Waals surface area contributed by atoms with Gasteiger partial charge >= 0.3 is 5.97 Å². The zero-order valence-corrected chi connectivity index (χ0v) is 13.4. The van der Waals surface area contributed by atoms with Crippen molar-refractivity contribution in [2.24, 2.45) is 0 Å². The van der Waals surface area contributed by atoms with E-state index < -0.39 is 5.97 Å². The molecule has 0 radical (unpaired) electrons. The first-order valence-corrected chi connectivity index (χ1v) is 7.67. The molecule has 5 nitrogen and oxygen atoms in total. The Labute approximate surface area is 142 Å². The van der Waals surface area contributed by atoms with E-state index in [1.54, 1.807) is 18.3 Å². The number of para-hydroxylation sites is 1. The molecule has 0 atom stereocenters. The van der Waals surface area contributed by atoms with Crippen molar-refractivity contribution in [3.63, 3.8) is 0 Å². The topological polar surface area (TPSA) is 69.4 Å². The molecule has 5 heteroatoms. The molecule has 4 rings (SSSR count). The largest absolute Gasteiger partial charge is 0.465 e. The number of pyridine rings is 1. The summed E-state index contributed by atoms with van der Waals surface area (Å²) in [7, 11) is 1.30. The van der Waals surface area contributed by atoms with Crippen molar-refractivity contribution in [3.8, 4) is 11.1 Å². The minimum atomic E-state index is -0.480. The van der Waals surface area contributed by atoms with Gasteiger partial charge in [-0.2, -0.15) is 0 Å². The molecule has 0 aliphatic heterocycles. The second-order valence-corrected chi connectivity index (χ2v) is 5.56. The maximum Gasteiger partial charge on any atom is 0.337 e. The zero-order chi connectivity index (χ0) is 17.4. The predicted octanol–water partition coefficient (Wildman–Crippen LogP) is 3.79. The van der Waals surface area contributed by atoms with Crippen molar-refractivity contribution in [2.75, 3.05) is 7.11 Å². The highest BCUT2D eigenvalue weighted by molar-refractivity contribution is 5.97. The maximum atomic E-state index is 12.9. The van der Waals surface area contributed by atoms with E-state index in [-0.39, 0.29) is 5.43 Å². The van der Waals surface area contributed by atoms with E-state index in [9.17, 15) is 9.59 Å². The minimum Gasteiger partial charge on any atom is -0.465 e. The Bertz CT molecular complexity index is 1170. The lowest BCUT2D eigenvalue weighted by atomic mass is 10.0. The van der Waals surface area contributed by atoms with Crippen LogP contribution in [-0.2, 0) is 4.74 Å². The number of esters is 1. The van der Waals surface area contributed by atoms with E-state index in [4.69, 9.17) is 4.42 Å². The highest BCUT2D eigenvalue weighted by Gasteiger charge is 2.14. The van der Waals surface area contributed by atoms with E-state index >= 15 is 0 Å². The van der Waals surface area contributed by atoms with Gasteiger partial charge in [-0.1, -0.05) is 24.3 Å². The number of methoxy groups -OCH3 is 1. The number of rotatable bonds is 2. The first-order chi connectivity index (χ1) is 12.2. The van der Waals surface area contributed by atoms with Crippen molar-refractivity contribution in [1.29, 1.82) is 0 Å². The van der Waals surface area contributed by atoms with Crippen LogP contribution < -0.4 is 5.43 Å². The second-order valence-electron chi connectivity index (χ2n) is 5.56. The van der Waals surface area contributed by atoms with Gasteiger partial charge in [-0.3, -0.25) is 9.78 Å². The van der Waals surface area contributed by atoms with Gasteiger partial charge in [0.2, 0.25) is 5.43 Å². The lowest BCUT2D eigenvalue weighted by molar-refractivity contribution is 0.0601. The Kier molecular flexibility index (Phi) is 3.54. The molecule has 25 heavy (non-hydrogen) atoms. The van der Waals surface area contributed by atoms with Crippen LogP contribution in [0.2, 0.25) is 0 Å². The SMILES string of the molecule is COC(=O)c1ccc2c(=O)c(-c3cccc4cccnc34)coc2c1. The Balaban J connectivity index is 1.96. The average molecular weight is 331 g/mol. The third-order valence-electron chi connectivity index (χ3n) is 4.12. The number of fused-ring (bicyclic) bond motifs is 2. The number of hydrogen-bond acceptors (Lipinski definition) is 5. The molecule has 2 heterocycles. The van der Waals surface area contributed by atoms with Crippen LogP contribution in [0.4, 0.5) is 0 Å². The molecule has 122 valence electrons. The first kappa shape index (κ1) is 15.1. The van der Waals surface area contributed by atoms with Crippen LogP contribution in [0, 0.1) is 0 Å². The van der Waals surface area contributed by atoms with Gasteiger partial charge in [0, 0.05) is 17.1 Å². The summed E-state index contributed by atoms with van der Waals surface area (Å²) in [5.74, 6) is -0.480. The predicted molar refractivity (Wildman–Crippen MR) is 94.6 cm³/mol. The Morgan fingerprint density at radius 2 is 1.92 bits per heavy atom. The van der Waals surface area contributed by atoms with Crippen LogP contribution in [0.5, 0.6) is 0 Å². The molecule has 0 aliphatic carbocycles. The van der Waals surface area contributed by atoms with Crippen LogP contribution in [0.25, 0.3) is 33.0 Å². The maximum absolute atomic E-state index is 12.9. The number of carbonyl (C=O) groups is 1. The molecule has 0 unspecified atom stereocenters. The van der Waals surface area contributed by atoms with Gasteiger partial charge in [-0.25, -0.2) is 4.79 Å². The summed E-state index contributed by atoms with van der Waals surface area (Å²) in [5, 5.41) is 1.35. The van der Waals surface area contributed by atoms with Crippen LogP contribution in [-0.4, -0.2) is 18.1 Å². The minimum absolute atomic E-state index is 0.171. The van der Waals surface area contributed by atoms with Gasteiger partial charge in [0.1, 0.15) is 11.8 Å². The summed E-state index contributed by atoms with van der Waals surface area (Å²) < 4.78 is 10.3. The molecule has 0 aliphatic rings. The van der Waals surface area contributed by atoms with Gasteiger partial charge in [0.05, 0.1) is 29.1 Å².